The molecule has 0 saturated heterocycles. The van der Waals surface area contributed by atoms with Crippen LogP contribution in [0.5, 0.6) is 0 Å². The average molecular weight is 211 g/mol. The van der Waals surface area contributed by atoms with Crippen LogP contribution in [0.1, 0.15) is 49.1 Å². The molecule has 1 aliphatic carbocycles. The summed E-state index contributed by atoms with van der Waals surface area (Å²) in [5.74, 6) is 3.65. The van der Waals surface area contributed by atoms with Gasteiger partial charge in [-0.1, -0.05) is 43.5 Å². The molecule has 0 heterocycles. The number of hydrogen-bond acceptors (Lipinski definition) is 0. The molecule has 0 nitrogen and oxygen atoms in total. The Morgan fingerprint density at radius 2 is 1.88 bits per heavy atom. The van der Waals surface area contributed by atoms with Gasteiger partial charge in [-0.25, -0.2) is 0 Å². The highest BCUT2D eigenvalue weighted by atomic mass is 14.3. The van der Waals surface area contributed by atoms with Crippen molar-refractivity contribution in [1.82, 2.24) is 0 Å². The number of hydrogen-bond donors (Lipinski definition) is 0. The lowest BCUT2D eigenvalue weighted by Gasteiger charge is -2.30. The van der Waals surface area contributed by atoms with E-state index in [0.29, 0.717) is 5.92 Å². The summed E-state index contributed by atoms with van der Waals surface area (Å²) in [5, 5.41) is 0. The zero-order valence-electron chi connectivity index (χ0n) is 10.00. The van der Waals surface area contributed by atoms with Crippen LogP contribution in [-0.4, -0.2) is 0 Å². The van der Waals surface area contributed by atoms with E-state index in [9.17, 15) is 0 Å². The zero-order chi connectivity index (χ0) is 11.4. The molecule has 1 aromatic rings. The molecule has 0 spiro atoms. The van der Waals surface area contributed by atoms with Crippen molar-refractivity contribution >= 4 is 0 Å². The first-order valence-electron chi connectivity index (χ1n) is 6.30. The van der Waals surface area contributed by atoms with Crippen LogP contribution in [0.4, 0.5) is 0 Å². The van der Waals surface area contributed by atoms with Gasteiger partial charge in [0.15, 0.2) is 0 Å². The molecule has 1 unspecified atom stereocenters. The number of benzene rings is 1. The lowest BCUT2D eigenvalue weighted by atomic mass is 9.76. The van der Waals surface area contributed by atoms with Crippen molar-refractivity contribution < 1.29 is 0 Å². The maximum Gasteiger partial charge on any atom is 0.00876 e. The summed E-state index contributed by atoms with van der Waals surface area (Å²) in [6, 6.07) is 8.45. The van der Waals surface area contributed by atoms with Gasteiger partial charge in [0.25, 0.3) is 0 Å². The molecule has 16 heavy (non-hydrogen) atoms. The molecule has 1 aliphatic rings. The molecule has 0 heteroatoms. The molecule has 2 rings (SSSR count). The highest BCUT2D eigenvalue weighted by Gasteiger charge is 2.22. The second-order valence-electron chi connectivity index (χ2n) is 4.88. The molecule has 0 amide bonds. The van der Waals surface area contributed by atoms with Gasteiger partial charge in [-0.05, 0) is 36.8 Å². The smallest absolute Gasteiger partial charge is 0.00876 e. The van der Waals surface area contributed by atoms with E-state index in [2.05, 4.69) is 37.1 Å². The first-order chi connectivity index (χ1) is 7.83. The molecule has 1 aromatic carbocycles. The van der Waals surface area contributed by atoms with Crippen LogP contribution in [0.15, 0.2) is 24.3 Å². The first-order valence-corrected chi connectivity index (χ1v) is 6.30. The molecular weight excluding hydrogens is 192 g/mol. The monoisotopic (exact) mass is 211 g/mol. The van der Waals surface area contributed by atoms with Gasteiger partial charge in [0, 0.05) is 5.92 Å². The normalized spacial score (nSPS) is 19.0. The van der Waals surface area contributed by atoms with Crippen molar-refractivity contribution in [3.05, 3.63) is 41.8 Å². The van der Waals surface area contributed by atoms with Crippen molar-refractivity contribution in [2.75, 3.05) is 0 Å². The van der Waals surface area contributed by atoms with Crippen LogP contribution in [0.25, 0.3) is 0 Å². The lowest BCUT2D eigenvalue weighted by Crippen LogP contribution is -2.15. The van der Waals surface area contributed by atoms with E-state index in [-0.39, 0.29) is 5.92 Å². The Bertz CT molecular complexity index is 377. The third-order valence-corrected chi connectivity index (χ3v) is 3.80. The predicted octanol–water partition coefficient (Wildman–Crippen LogP) is 4.25. The summed E-state index contributed by atoms with van der Waals surface area (Å²) in [7, 11) is 0. The van der Waals surface area contributed by atoms with E-state index >= 15 is 0 Å². The maximum absolute atomic E-state index is 7.58. The van der Waals surface area contributed by atoms with Gasteiger partial charge in [0.05, 0.1) is 0 Å². The largest absolute Gasteiger partial charge is 0.693 e. The quantitative estimate of drug-likeness (QED) is 0.507. The summed E-state index contributed by atoms with van der Waals surface area (Å²) >= 11 is 0. The van der Waals surface area contributed by atoms with Gasteiger partial charge in [-0.3, -0.25) is 0 Å². The molecule has 0 bridgehead atoms. The van der Waals surface area contributed by atoms with E-state index in [1.54, 1.807) is 0 Å². The molecule has 0 radical (unpaired) electrons. The topological polar surface area (TPSA) is 0 Å². The Labute approximate surface area is 99.1 Å². The Morgan fingerprint density at radius 3 is 2.50 bits per heavy atom. The Kier molecular flexibility index (Phi) is 3.67. The summed E-state index contributed by atoms with van der Waals surface area (Å²) in [6.45, 7) is 2.14. The standard InChI is InChI=1S/C16H19/c1-3-15(14-10-5-4-6-11-14)16-12-8-7-9-13(16)2/h7-9,12,14-15H,4-6,10-11H2,2H3/q-1. The van der Waals surface area contributed by atoms with Crippen LogP contribution in [0.2, 0.25) is 0 Å². The van der Waals surface area contributed by atoms with Crippen molar-refractivity contribution in [1.29, 1.82) is 0 Å². The van der Waals surface area contributed by atoms with Crippen molar-refractivity contribution in [3.63, 3.8) is 0 Å². The van der Waals surface area contributed by atoms with Gasteiger partial charge in [-0.2, -0.15) is 0 Å². The zero-order valence-corrected chi connectivity index (χ0v) is 10.00. The van der Waals surface area contributed by atoms with E-state index < -0.39 is 0 Å². The van der Waals surface area contributed by atoms with Crippen molar-refractivity contribution in [3.8, 4) is 5.92 Å². The molecule has 1 fully saturated rings. The van der Waals surface area contributed by atoms with Crippen LogP contribution in [-0.2, 0) is 0 Å². The Morgan fingerprint density at radius 1 is 1.19 bits per heavy atom. The minimum Gasteiger partial charge on any atom is -0.693 e. The first kappa shape index (κ1) is 11.3. The van der Waals surface area contributed by atoms with Crippen molar-refractivity contribution in [2.24, 2.45) is 5.92 Å². The Hall–Kier alpha value is -1.22. The van der Waals surface area contributed by atoms with Gasteiger partial charge < -0.3 is 12.3 Å². The van der Waals surface area contributed by atoms with Crippen LogP contribution in [0, 0.1) is 25.2 Å². The third kappa shape index (κ3) is 2.30. The molecule has 0 aliphatic heterocycles. The molecule has 0 N–H and O–H groups in total. The summed E-state index contributed by atoms with van der Waals surface area (Å²) in [5.41, 5.74) is 2.61. The number of aryl methyl sites for hydroxylation is 1. The van der Waals surface area contributed by atoms with E-state index in [1.807, 2.05) is 0 Å². The fraction of sp³-hybridized carbons (Fsp3) is 0.500. The van der Waals surface area contributed by atoms with Crippen LogP contribution >= 0.6 is 0 Å². The molecular formula is C16H19-. The number of rotatable bonds is 2. The fourth-order valence-corrected chi connectivity index (χ4v) is 2.85. The molecule has 84 valence electrons. The van der Waals surface area contributed by atoms with Crippen LogP contribution < -0.4 is 0 Å². The average Bonchev–Trinajstić information content (AvgIpc) is 2.34. The van der Waals surface area contributed by atoms with Crippen molar-refractivity contribution in [2.45, 2.75) is 44.9 Å². The van der Waals surface area contributed by atoms with Gasteiger partial charge >= 0.3 is 0 Å². The Balaban J connectivity index is 2.22. The SMILES string of the molecule is [C-]#CC(c1ccccc1C)C1CCCCC1. The van der Waals surface area contributed by atoms with E-state index in [4.69, 9.17) is 6.42 Å². The minimum atomic E-state index is 0.224. The van der Waals surface area contributed by atoms with Crippen LogP contribution in [0.3, 0.4) is 0 Å². The predicted molar refractivity (Wildman–Crippen MR) is 67.6 cm³/mol. The second kappa shape index (κ2) is 5.21. The molecule has 1 saturated carbocycles. The summed E-state index contributed by atoms with van der Waals surface area (Å²) in [6.07, 6.45) is 14.1. The molecule has 0 aromatic heterocycles. The third-order valence-electron chi connectivity index (χ3n) is 3.80. The van der Waals surface area contributed by atoms with E-state index in [1.165, 1.54) is 43.2 Å². The van der Waals surface area contributed by atoms with Gasteiger partial charge in [0.1, 0.15) is 0 Å². The lowest BCUT2D eigenvalue weighted by molar-refractivity contribution is 0.336. The van der Waals surface area contributed by atoms with Gasteiger partial charge in [0.2, 0.25) is 0 Å². The highest BCUT2D eigenvalue weighted by Crippen LogP contribution is 2.36. The minimum absolute atomic E-state index is 0.224. The molecule has 1 atom stereocenters. The summed E-state index contributed by atoms with van der Waals surface area (Å²) < 4.78 is 0. The fourth-order valence-electron chi connectivity index (χ4n) is 2.85. The summed E-state index contributed by atoms with van der Waals surface area (Å²) in [4.78, 5) is 0. The van der Waals surface area contributed by atoms with E-state index in [0.717, 1.165) is 0 Å². The highest BCUT2D eigenvalue weighted by molar-refractivity contribution is 5.34. The maximum atomic E-state index is 7.58. The van der Waals surface area contributed by atoms with Gasteiger partial charge in [-0.15, -0.1) is 0 Å². The second-order valence-corrected chi connectivity index (χ2v) is 4.88.